The minimum Gasteiger partial charge on any atom is -0.341 e. The van der Waals surface area contributed by atoms with Gasteiger partial charge in [-0.05, 0) is 11.1 Å². The summed E-state index contributed by atoms with van der Waals surface area (Å²) in [5.74, 6) is 0. The van der Waals surface area contributed by atoms with E-state index in [0.29, 0.717) is 5.65 Å². The molecular weight excluding hydrogens is 260 g/mol. The molecule has 4 heteroatoms. The molecule has 0 radical (unpaired) electrons. The van der Waals surface area contributed by atoms with Crippen LogP contribution in [0.2, 0.25) is 0 Å². The van der Waals surface area contributed by atoms with Crippen molar-refractivity contribution in [1.82, 2.24) is 19.9 Å². The van der Waals surface area contributed by atoms with Crippen LogP contribution in [0, 0.1) is 0 Å². The Morgan fingerprint density at radius 2 is 1.48 bits per heavy atom. The zero-order valence-corrected chi connectivity index (χ0v) is 11.2. The average Bonchev–Trinajstić information content (AvgIpc) is 3.04. The Hall–Kier alpha value is -3.01. The Bertz CT molecular complexity index is 897. The van der Waals surface area contributed by atoms with Gasteiger partial charge in [-0.15, -0.1) is 0 Å². The number of nitrogens with one attached hydrogen (secondary N) is 1. The lowest BCUT2D eigenvalue weighted by Crippen LogP contribution is -1.91. The van der Waals surface area contributed by atoms with E-state index in [4.69, 9.17) is 0 Å². The summed E-state index contributed by atoms with van der Waals surface area (Å²) < 4.78 is 0. The summed E-state index contributed by atoms with van der Waals surface area (Å²) in [5.41, 5.74) is 5.80. The summed E-state index contributed by atoms with van der Waals surface area (Å²) in [5, 5.41) is 0. The Balaban J connectivity index is 2.00. The second kappa shape index (κ2) is 4.83. The molecule has 4 aromatic rings. The molecule has 100 valence electrons. The predicted octanol–water partition coefficient (Wildman–Crippen LogP) is 3.69. The molecule has 0 saturated carbocycles. The molecule has 21 heavy (non-hydrogen) atoms. The van der Waals surface area contributed by atoms with Gasteiger partial charge in [0.05, 0.1) is 6.33 Å². The van der Waals surface area contributed by atoms with Crippen LogP contribution in [0.25, 0.3) is 33.5 Å². The SMILES string of the molecule is c1ccc(-c2ccccc2-c2ncnc3nc[nH]c23)cc1. The van der Waals surface area contributed by atoms with E-state index in [0.717, 1.165) is 22.3 Å². The van der Waals surface area contributed by atoms with Crippen molar-refractivity contribution in [2.45, 2.75) is 0 Å². The van der Waals surface area contributed by atoms with Gasteiger partial charge in [-0.3, -0.25) is 0 Å². The maximum absolute atomic E-state index is 4.45. The molecule has 2 heterocycles. The second-order valence-electron chi connectivity index (χ2n) is 4.74. The third-order valence-corrected chi connectivity index (χ3v) is 3.49. The number of H-pyrrole nitrogens is 1. The standard InChI is InChI=1S/C17H12N4/c1-2-6-12(7-3-1)13-8-4-5-9-14(13)15-16-17(20-10-18-15)21-11-19-16/h1-11H,(H,18,19,20,21). The van der Waals surface area contributed by atoms with Gasteiger partial charge < -0.3 is 4.98 Å². The van der Waals surface area contributed by atoms with Gasteiger partial charge in [0.15, 0.2) is 5.65 Å². The van der Waals surface area contributed by atoms with Gasteiger partial charge in [0, 0.05) is 5.56 Å². The number of nitrogens with zero attached hydrogens (tertiary/aromatic N) is 3. The van der Waals surface area contributed by atoms with Gasteiger partial charge in [-0.2, -0.15) is 0 Å². The highest BCUT2D eigenvalue weighted by atomic mass is 15.0. The molecule has 2 aromatic heterocycles. The summed E-state index contributed by atoms with van der Waals surface area (Å²) >= 11 is 0. The van der Waals surface area contributed by atoms with Crippen molar-refractivity contribution in [1.29, 1.82) is 0 Å². The maximum Gasteiger partial charge on any atom is 0.181 e. The largest absolute Gasteiger partial charge is 0.341 e. The van der Waals surface area contributed by atoms with Crippen molar-refractivity contribution in [3.8, 4) is 22.4 Å². The van der Waals surface area contributed by atoms with Crippen LogP contribution in [0.5, 0.6) is 0 Å². The molecule has 0 bridgehead atoms. The first-order valence-electron chi connectivity index (χ1n) is 6.72. The summed E-state index contributed by atoms with van der Waals surface area (Å²) in [4.78, 5) is 16.0. The monoisotopic (exact) mass is 272 g/mol. The third kappa shape index (κ3) is 1.97. The van der Waals surface area contributed by atoms with Crippen LogP contribution in [0.3, 0.4) is 0 Å². The minimum absolute atomic E-state index is 0.683. The van der Waals surface area contributed by atoms with Crippen molar-refractivity contribution in [2.24, 2.45) is 0 Å². The molecular formula is C17H12N4. The smallest absolute Gasteiger partial charge is 0.181 e. The van der Waals surface area contributed by atoms with Gasteiger partial charge >= 0.3 is 0 Å². The normalized spacial score (nSPS) is 10.9. The number of hydrogen-bond acceptors (Lipinski definition) is 3. The predicted molar refractivity (Wildman–Crippen MR) is 82.6 cm³/mol. The Morgan fingerprint density at radius 3 is 2.33 bits per heavy atom. The molecule has 4 rings (SSSR count). The van der Waals surface area contributed by atoms with Gasteiger partial charge in [0.1, 0.15) is 17.5 Å². The van der Waals surface area contributed by atoms with Crippen molar-refractivity contribution in [2.75, 3.05) is 0 Å². The first kappa shape index (κ1) is 11.8. The van der Waals surface area contributed by atoms with Gasteiger partial charge in [-0.25, -0.2) is 15.0 Å². The lowest BCUT2D eigenvalue weighted by atomic mass is 9.97. The first-order chi connectivity index (χ1) is 10.4. The van der Waals surface area contributed by atoms with Crippen molar-refractivity contribution in [3.05, 3.63) is 67.3 Å². The lowest BCUT2D eigenvalue weighted by molar-refractivity contribution is 1.20. The molecule has 4 nitrogen and oxygen atoms in total. The molecule has 2 aromatic carbocycles. The zero-order chi connectivity index (χ0) is 14.1. The van der Waals surface area contributed by atoms with Gasteiger partial charge in [0.25, 0.3) is 0 Å². The lowest BCUT2D eigenvalue weighted by Gasteiger charge is -2.09. The zero-order valence-electron chi connectivity index (χ0n) is 11.2. The third-order valence-electron chi connectivity index (χ3n) is 3.49. The van der Waals surface area contributed by atoms with Crippen molar-refractivity contribution in [3.63, 3.8) is 0 Å². The quantitative estimate of drug-likeness (QED) is 0.605. The first-order valence-corrected chi connectivity index (χ1v) is 6.72. The number of aromatic amines is 1. The fourth-order valence-corrected chi connectivity index (χ4v) is 2.53. The molecule has 0 aliphatic carbocycles. The van der Waals surface area contributed by atoms with Crippen molar-refractivity contribution < 1.29 is 0 Å². The van der Waals surface area contributed by atoms with E-state index in [1.165, 1.54) is 5.56 Å². The number of imidazole rings is 1. The summed E-state index contributed by atoms with van der Waals surface area (Å²) in [7, 11) is 0. The van der Waals surface area contributed by atoms with E-state index >= 15 is 0 Å². The molecule has 0 spiro atoms. The van der Waals surface area contributed by atoms with Crippen LogP contribution in [0.1, 0.15) is 0 Å². The molecule has 1 N–H and O–H groups in total. The highest BCUT2D eigenvalue weighted by Gasteiger charge is 2.12. The van der Waals surface area contributed by atoms with E-state index in [1.807, 2.05) is 30.3 Å². The fourth-order valence-electron chi connectivity index (χ4n) is 2.53. The number of hydrogen-bond donors (Lipinski definition) is 1. The van der Waals surface area contributed by atoms with Crippen LogP contribution in [0.15, 0.2) is 67.3 Å². The Labute approximate surface area is 121 Å². The number of fused-ring (bicyclic) bond motifs is 1. The van der Waals surface area contributed by atoms with Gasteiger partial charge in [0.2, 0.25) is 0 Å². The Morgan fingerprint density at radius 1 is 0.714 bits per heavy atom. The number of benzene rings is 2. The number of rotatable bonds is 2. The summed E-state index contributed by atoms with van der Waals surface area (Å²) in [6.07, 6.45) is 3.20. The van der Waals surface area contributed by atoms with E-state index in [9.17, 15) is 0 Å². The summed E-state index contributed by atoms with van der Waals surface area (Å²) in [6, 6.07) is 18.5. The molecule has 0 aliphatic rings. The molecule has 0 unspecified atom stereocenters. The minimum atomic E-state index is 0.683. The van der Waals surface area contributed by atoms with Crippen LogP contribution in [-0.4, -0.2) is 19.9 Å². The molecule has 0 aliphatic heterocycles. The fraction of sp³-hybridized carbons (Fsp3) is 0. The van der Waals surface area contributed by atoms with Crippen LogP contribution in [-0.2, 0) is 0 Å². The van der Waals surface area contributed by atoms with Crippen LogP contribution < -0.4 is 0 Å². The van der Waals surface area contributed by atoms with E-state index in [2.05, 4.69) is 44.2 Å². The highest BCUT2D eigenvalue weighted by molar-refractivity contribution is 5.93. The maximum atomic E-state index is 4.45. The molecule has 0 fully saturated rings. The Kier molecular flexibility index (Phi) is 2.71. The van der Waals surface area contributed by atoms with Crippen LogP contribution in [0.4, 0.5) is 0 Å². The second-order valence-corrected chi connectivity index (χ2v) is 4.74. The average molecular weight is 272 g/mol. The number of aromatic nitrogens is 4. The highest BCUT2D eigenvalue weighted by Crippen LogP contribution is 2.32. The van der Waals surface area contributed by atoms with Crippen LogP contribution >= 0.6 is 0 Å². The van der Waals surface area contributed by atoms with E-state index in [-0.39, 0.29) is 0 Å². The summed E-state index contributed by atoms with van der Waals surface area (Å²) in [6.45, 7) is 0. The van der Waals surface area contributed by atoms with E-state index in [1.54, 1.807) is 12.7 Å². The molecule has 0 saturated heterocycles. The molecule has 0 atom stereocenters. The topological polar surface area (TPSA) is 54.5 Å². The van der Waals surface area contributed by atoms with Gasteiger partial charge in [-0.1, -0.05) is 54.6 Å². The van der Waals surface area contributed by atoms with E-state index < -0.39 is 0 Å². The van der Waals surface area contributed by atoms with Crippen molar-refractivity contribution >= 4 is 11.2 Å². The molecule has 0 amide bonds.